The van der Waals surface area contributed by atoms with Gasteiger partial charge in [0.15, 0.2) is 0 Å². The van der Waals surface area contributed by atoms with Crippen molar-refractivity contribution in [3.05, 3.63) is 34.9 Å². The van der Waals surface area contributed by atoms with Crippen LogP contribution in [0, 0.1) is 5.92 Å². The molecule has 19 heavy (non-hydrogen) atoms. The summed E-state index contributed by atoms with van der Waals surface area (Å²) in [6.45, 7) is 9.06. The van der Waals surface area contributed by atoms with E-state index >= 15 is 0 Å². The van der Waals surface area contributed by atoms with Crippen molar-refractivity contribution in [3.63, 3.8) is 0 Å². The Hall–Kier alpha value is -0.570. The van der Waals surface area contributed by atoms with Gasteiger partial charge in [-0.2, -0.15) is 0 Å². The van der Waals surface area contributed by atoms with Crippen LogP contribution >= 0.6 is 11.6 Å². The van der Waals surface area contributed by atoms with Crippen LogP contribution in [0.4, 0.5) is 0 Å². The second-order valence-electron chi connectivity index (χ2n) is 5.48. The average molecular weight is 281 g/mol. The molecule has 2 nitrogen and oxygen atoms in total. The molecule has 1 aliphatic rings. The van der Waals surface area contributed by atoms with Gasteiger partial charge in [0.2, 0.25) is 0 Å². The lowest BCUT2D eigenvalue weighted by Gasteiger charge is -2.36. The number of hydrogen-bond acceptors (Lipinski definition) is 2. The highest BCUT2D eigenvalue weighted by molar-refractivity contribution is 6.31. The Bertz CT molecular complexity index is 386. The Morgan fingerprint density at radius 1 is 1.32 bits per heavy atom. The van der Waals surface area contributed by atoms with Crippen LogP contribution < -0.4 is 5.32 Å². The van der Waals surface area contributed by atoms with Gasteiger partial charge in [0.25, 0.3) is 0 Å². The number of nitrogens with one attached hydrogen (secondary N) is 1. The Morgan fingerprint density at radius 2 is 2.00 bits per heavy atom. The smallest absolute Gasteiger partial charge is 0.0453 e. The van der Waals surface area contributed by atoms with Crippen LogP contribution in [0.5, 0.6) is 0 Å². The number of nitrogens with zero attached hydrogens (tertiary/aromatic N) is 1. The van der Waals surface area contributed by atoms with E-state index in [1.807, 2.05) is 12.1 Å². The molecule has 1 aromatic rings. The lowest BCUT2D eigenvalue weighted by Crippen LogP contribution is -2.38. The lowest BCUT2D eigenvalue weighted by molar-refractivity contribution is 0.140. The number of piperidine rings is 1. The molecule has 1 aromatic carbocycles. The van der Waals surface area contributed by atoms with Crippen molar-refractivity contribution in [3.8, 4) is 0 Å². The molecule has 0 radical (unpaired) electrons. The van der Waals surface area contributed by atoms with Crippen LogP contribution in [0.2, 0.25) is 5.02 Å². The summed E-state index contributed by atoms with van der Waals surface area (Å²) in [4.78, 5) is 2.56. The molecule has 1 aliphatic heterocycles. The third-order valence-electron chi connectivity index (χ3n) is 4.24. The second kappa shape index (κ2) is 7.28. The van der Waals surface area contributed by atoms with E-state index in [1.165, 1.54) is 38.0 Å². The number of rotatable bonds is 5. The van der Waals surface area contributed by atoms with Gasteiger partial charge in [-0.05, 0) is 63.5 Å². The number of hydrogen-bond donors (Lipinski definition) is 1. The van der Waals surface area contributed by atoms with Gasteiger partial charge in [-0.15, -0.1) is 0 Å². The molecule has 1 fully saturated rings. The first-order valence-electron chi connectivity index (χ1n) is 7.41. The van der Waals surface area contributed by atoms with E-state index in [1.54, 1.807) is 0 Å². The summed E-state index contributed by atoms with van der Waals surface area (Å²) >= 11 is 6.30. The SMILES string of the molecule is CCNCC1CCN(C(C)c2ccccc2Cl)CC1. The molecule has 0 amide bonds. The summed E-state index contributed by atoms with van der Waals surface area (Å²) in [5.41, 5.74) is 1.26. The maximum absolute atomic E-state index is 6.30. The zero-order valence-electron chi connectivity index (χ0n) is 12.0. The maximum atomic E-state index is 6.30. The zero-order chi connectivity index (χ0) is 13.7. The van der Waals surface area contributed by atoms with Crippen molar-refractivity contribution < 1.29 is 0 Å². The van der Waals surface area contributed by atoms with Crippen molar-refractivity contribution >= 4 is 11.6 Å². The average Bonchev–Trinajstić information content (AvgIpc) is 2.45. The van der Waals surface area contributed by atoms with Crippen molar-refractivity contribution in [2.24, 2.45) is 5.92 Å². The highest BCUT2D eigenvalue weighted by atomic mass is 35.5. The first kappa shape index (κ1) is 14.8. The Balaban J connectivity index is 1.89. The minimum absolute atomic E-state index is 0.425. The van der Waals surface area contributed by atoms with Gasteiger partial charge in [0.1, 0.15) is 0 Å². The molecule has 0 aromatic heterocycles. The van der Waals surface area contributed by atoms with Crippen molar-refractivity contribution in [2.75, 3.05) is 26.2 Å². The molecule has 0 saturated carbocycles. The molecule has 0 aliphatic carbocycles. The predicted octanol–water partition coefficient (Wildman–Crippen LogP) is 3.72. The van der Waals surface area contributed by atoms with E-state index in [9.17, 15) is 0 Å². The van der Waals surface area contributed by atoms with Gasteiger partial charge in [0, 0.05) is 11.1 Å². The van der Waals surface area contributed by atoms with E-state index in [0.717, 1.165) is 17.5 Å². The molecule has 3 heteroatoms. The standard InChI is InChI=1S/C16H25ClN2/c1-3-18-12-14-8-10-19(11-9-14)13(2)15-6-4-5-7-16(15)17/h4-7,13-14,18H,3,8-12H2,1-2H3. The number of halogens is 1. The minimum atomic E-state index is 0.425. The summed E-state index contributed by atoms with van der Waals surface area (Å²) < 4.78 is 0. The van der Waals surface area contributed by atoms with E-state index < -0.39 is 0 Å². The number of benzene rings is 1. The fourth-order valence-electron chi connectivity index (χ4n) is 2.90. The summed E-state index contributed by atoms with van der Waals surface area (Å²) in [6, 6.07) is 8.65. The van der Waals surface area contributed by atoms with Crippen LogP contribution in [0.3, 0.4) is 0 Å². The molecule has 0 bridgehead atoms. The van der Waals surface area contributed by atoms with Gasteiger partial charge in [-0.25, -0.2) is 0 Å². The quantitative estimate of drug-likeness (QED) is 0.884. The third kappa shape index (κ3) is 3.95. The van der Waals surface area contributed by atoms with Gasteiger partial charge in [-0.1, -0.05) is 36.7 Å². The van der Waals surface area contributed by atoms with Crippen LogP contribution in [-0.4, -0.2) is 31.1 Å². The normalized spacial score (nSPS) is 19.5. The Morgan fingerprint density at radius 3 is 2.63 bits per heavy atom. The van der Waals surface area contributed by atoms with Crippen molar-refractivity contribution in [1.82, 2.24) is 10.2 Å². The van der Waals surface area contributed by atoms with E-state index in [2.05, 4.69) is 36.2 Å². The maximum Gasteiger partial charge on any atom is 0.0453 e. The predicted molar refractivity (Wildman–Crippen MR) is 82.7 cm³/mol. The first-order chi connectivity index (χ1) is 9.22. The van der Waals surface area contributed by atoms with Crippen LogP contribution in [0.1, 0.15) is 38.3 Å². The molecule has 1 atom stereocenters. The second-order valence-corrected chi connectivity index (χ2v) is 5.89. The summed E-state index contributed by atoms with van der Waals surface area (Å²) in [5.74, 6) is 0.842. The minimum Gasteiger partial charge on any atom is -0.317 e. The molecule has 106 valence electrons. The number of likely N-dealkylation sites (tertiary alicyclic amines) is 1. The monoisotopic (exact) mass is 280 g/mol. The van der Waals surface area contributed by atoms with Gasteiger partial charge in [0.05, 0.1) is 0 Å². The van der Waals surface area contributed by atoms with E-state index in [4.69, 9.17) is 11.6 Å². The molecule has 2 rings (SSSR count). The van der Waals surface area contributed by atoms with E-state index in [0.29, 0.717) is 6.04 Å². The fraction of sp³-hybridized carbons (Fsp3) is 0.625. The molecular weight excluding hydrogens is 256 g/mol. The molecule has 1 N–H and O–H groups in total. The van der Waals surface area contributed by atoms with Crippen LogP contribution in [0.15, 0.2) is 24.3 Å². The Labute approximate surface area is 122 Å². The lowest BCUT2D eigenvalue weighted by atomic mass is 9.94. The highest BCUT2D eigenvalue weighted by Crippen LogP contribution is 2.30. The highest BCUT2D eigenvalue weighted by Gasteiger charge is 2.24. The third-order valence-corrected chi connectivity index (χ3v) is 4.58. The molecule has 1 saturated heterocycles. The zero-order valence-corrected chi connectivity index (χ0v) is 12.8. The molecular formula is C16H25ClN2. The van der Waals surface area contributed by atoms with Gasteiger partial charge >= 0.3 is 0 Å². The van der Waals surface area contributed by atoms with E-state index in [-0.39, 0.29) is 0 Å². The van der Waals surface area contributed by atoms with Crippen LogP contribution in [-0.2, 0) is 0 Å². The fourth-order valence-corrected chi connectivity index (χ4v) is 3.20. The molecule has 1 unspecified atom stereocenters. The summed E-state index contributed by atoms with van der Waals surface area (Å²) in [6.07, 6.45) is 2.59. The molecule has 1 heterocycles. The largest absolute Gasteiger partial charge is 0.317 e. The van der Waals surface area contributed by atoms with Crippen molar-refractivity contribution in [1.29, 1.82) is 0 Å². The van der Waals surface area contributed by atoms with Gasteiger partial charge < -0.3 is 5.32 Å². The van der Waals surface area contributed by atoms with Crippen LogP contribution in [0.25, 0.3) is 0 Å². The molecule has 0 spiro atoms. The first-order valence-corrected chi connectivity index (χ1v) is 7.79. The summed E-state index contributed by atoms with van der Waals surface area (Å²) in [5, 5.41) is 4.36. The topological polar surface area (TPSA) is 15.3 Å². The Kier molecular flexibility index (Phi) is 5.68. The van der Waals surface area contributed by atoms with Gasteiger partial charge in [-0.3, -0.25) is 4.90 Å². The van der Waals surface area contributed by atoms with Crippen molar-refractivity contribution in [2.45, 2.75) is 32.7 Å². The summed E-state index contributed by atoms with van der Waals surface area (Å²) in [7, 11) is 0.